The van der Waals surface area contributed by atoms with Crippen molar-refractivity contribution in [2.45, 2.75) is 67.9 Å². The molecule has 9 nitrogen and oxygen atoms in total. The molecule has 0 unspecified atom stereocenters. The molecule has 36 heavy (non-hydrogen) atoms. The zero-order valence-electron chi connectivity index (χ0n) is 20.7. The summed E-state index contributed by atoms with van der Waals surface area (Å²) in [7, 11) is -2.81. The first-order valence-corrected chi connectivity index (χ1v) is 13.5. The molecule has 1 aliphatic carbocycles. The fourth-order valence-electron chi connectivity index (χ4n) is 4.63. The van der Waals surface area contributed by atoms with Crippen LogP contribution in [-0.4, -0.2) is 49.2 Å². The number of benzene rings is 1. The van der Waals surface area contributed by atoms with Crippen molar-refractivity contribution in [3.05, 3.63) is 54.4 Å². The van der Waals surface area contributed by atoms with Gasteiger partial charge in [-0.25, -0.2) is 13.9 Å². The maximum absolute atomic E-state index is 14.1. The highest BCUT2D eigenvalue weighted by Gasteiger charge is 2.57. The van der Waals surface area contributed by atoms with E-state index in [1.165, 1.54) is 31.4 Å². The normalized spacial score (nSPS) is 19.5. The smallest absolute Gasteiger partial charge is 0.280 e. The number of hydroxylamine groups is 1. The average molecular weight is 542 g/mol. The number of ether oxygens (including phenoxy) is 2. The van der Waals surface area contributed by atoms with Crippen LogP contribution in [0.25, 0.3) is 0 Å². The van der Waals surface area contributed by atoms with Gasteiger partial charge < -0.3 is 9.47 Å². The van der Waals surface area contributed by atoms with Crippen LogP contribution in [-0.2, 0) is 25.9 Å². The number of halogens is 1. The summed E-state index contributed by atoms with van der Waals surface area (Å²) in [5, 5.41) is 12.8. The number of nitrogens with one attached hydrogen (secondary N) is 2. The highest BCUT2D eigenvalue weighted by atomic mass is 35.5. The molecule has 0 aliphatic heterocycles. The maximum Gasteiger partial charge on any atom is 0.280 e. The fourth-order valence-corrected chi connectivity index (χ4v) is 6.73. The minimum Gasteiger partial charge on any atom is -0.497 e. The number of aromatic nitrogens is 1. The number of hydrogen-bond donors (Lipinski definition) is 3. The van der Waals surface area contributed by atoms with Crippen molar-refractivity contribution in [1.82, 2.24) is 15.8 Å². The van der Waals surface area contributed by atoms with Crippen LogP contribution in [0.3, 0.4) is 0 Å². The first-order chi connectivity index (χ1) is 16.9. The molecule has 0 spiro atoms. The number of hydrogen-bond acceptors (Lipinski definition) is 8. The van der Waals surface area contributed by atoms with Crippen LogP contribution >= 0.6 is 12.4 Å². The fraction of sp³-hybridized carbons (Fsp3) is 0.520. The van der Waals surface area contributed by atoms with Gasteiger partial charge in [0.2, 0.25) is 14.7 Å². The summed E-state index contributed by atoms with van der Waals surface area (Å²) in [5.74, 6) is -1.09. The molecule has 1 aromatic carbocycles. The van der Waals surface area contributed by atoms with Crippen LogP contribution < -0.4 is 15.5 Å². The van der Waals surface area contributed by atoms with Gasteiger partial charge >= 0.3 is 0 Å². The second-order valence-electron chi connectivity index (χ2n) is 8.76. The van der Waals surface area contributed by atoms with Crippen LogP contribution in [0, 0.1) is 5.92 Å². The van der Waals surface area contributed by atoms with Crippen LogP contribution in [0.2, 0.25) is 0 Å². The van der Waals surface area contributed by atoms with E-state index in [1.807, 2.05) is 0 Å². The minimum absolute atomic E-state index is 0. The summed E-state index contributed by atoms with van der Waals surface area (Å²) in [4.78, 5) is 15.2. The van der Waals surface area contributed by atoms with Crippen molar-refractivity contribution in [2.75, 3.05) is 13.7 Å². The Labute approximate surface area is 219 Å². The van der Waals surface area contributed by atoms with E-state index in [0.29, 0.717) is 38.0 Å². The number of carbonyl (C=O) groups is 1. The lowest BCUT2D eigenvalue weighted by atomic mass is 9.81. The lowest BCUT2D eigenvalue weighted by Crippen LogP contribution is -2.66. The molecule has 3 N–H and O–H groups in total. The van der Waals surface area contributed by atoms with Gasteiger partial charge in [0.1, 0.15) is 5.75 Å². The van der Waals surface area contributed by atoms with Gasteiger partial charge in [-0.3, -0.25) is 20.3 Å². The molecular formula is C25H36ClN3O6S. The second kappa shape index (κ2) is 13.9. The number of carbonyl (C=O) groups excluding carboxylic acids is 1. The van der Waals surface area contributed by atoms with Crippen LogP contribution in [0.15, 0.2) is 53.7 Å². The van der Waals surface area contributed by atoms with Crippen LogP contribution in [0.1, 0.15) is 51.0 Å². The molecule has 1 fully saturated rings. The van der Waals surface area contributed by atoms with Crippen molar-refractivity contribution < 1.29 is 27.9 Å². The van der Waals surface area contributed by atoms with Crippen molar-refractivity contribution in [3.8, 4) is 5.75 Å². The first kappa shape index (κ1) is 30.0. The Kier molecular flexibility index (Phi) is 11.6. The summed E-state index contributed by atoms with van der Waals surface area (Å²) < 4.78 is 39.4. The molecule has 11 heteroatoms. The Bertz CT molecular complexity index is 1050. The third-order valence-corrected chi connectivity index (χ3v) is 9.04. The Balaban J connectivity index is 0.00000456. The van der Waals surface area contributed by atoms with Gasteiger partial charge in [-0.15, -0.1) is 12.4 Å². The minimum atomic E-state index is -4.30. The maximum atomic E-state index is 14.1. The van der Waals surface area contributed by atoms with Crippen LogP contribution in [0.5, 0.6) is 5.75 Å². The average Bonchev–Trinajstić information content (AvgIpc) is 2.90. The molecule has 0 bridgehead atoms. The first-order valence-electron chi connectivity index (χ1n) is 12.0. The number of unbranched alkanes of at least 4 members (excludes halogenated alkanes) is 1. The van der Waals surface area contributed by atoms with Crippen molar-refractivity contribution in [3.63, 3.8) is 0 Å². The zero-order valence-corrected chi connectivity index (χ0v) is 22.3. The van der Waals surface area contributed by atoms with Gasteiger partial charge in [0.15, 0.2) is 0 Å². The Morgan fingerprint density at radius 2 is 1.75 bits per heavy atom. The Hall–Kier alpha value is -2.24. The van der Waals surface area contributed by atoms with Gasteiger partial charge in [-0.1, -0.05) is 13.3 Å². The van der Waals surface area contributed by atoms with E-state index in [9.17, 15) is 18.4 Å². The number of rotatable bonds is 12. The second-order valence-corrected chi connectivity index (χ2v) is 10.9. The van der Waals surface area contributed by atoms with E-state index in [4.69, 9.17) is 9.47 Å². The van der Waals surface area contributed by atoms with Gasteiger partial charge in [-0.2, -0.15) is 0 Å². The number of amides is 1. The van der Waals surface area contributed by atoms with Gasteiger partial charge in [0.05, 0.1) is 18.1 Å². The number of pyridine rings is 1. The molecule has 200 valence electrons. The molecule has 1 saturated carbocycles. The number of nitrogens with zero attached hydrogens (tertiary/aromatic N) is 1. The lowest BCUT2D eigenvalue weighted by molar-refractivity contribution is -0.135. The molecule has 1 aliphatic rings. The van der Waals surface area contributed by atoms with Crippen LogP contribution in [0.4, 0.5) is 0 Å². The van der Waals surface area contributed by atoms with E-state index in [2.05, 4.69) is 17.2 Å². The van der Waals surface area contributed by atoms with E-state index in [0.717, 1.165) is 18.4 Å². The van der Waals surface area contributed by atoms with E-state index >= 15 is 0 Å². The van der Waals surface area contributed by atoms with Gasteiger partial charge in [-0.05, 0) is 74.1 Å². The third kappa shape index (κ3) is 6.54. The molecule has 0 saturated heterocycles. The highest BCUT2D eigenvalue weighted by Crippen LogP contribution is 2.41. The number of methoxy groups -OCH3 is 1. The molecule has 2 aromatic rings. The molecule has 1 heterocycles. The molecule has 1 aromatic heterocycles. The summed E-state index contributed by atoms with van der Waals surface area (Å²) in [5.41, 5.74) is 2.40. The molecule has 0 radical (unpaired) electrons. The summed E-state index contributed by atoms with van der Waals surface area (Å²) in [6.45, 7) is 2.86. The van der Waals surface area contributed by atoms with E-state index in [1.54, 1.807) is 30.0 Å². The van der Waals surface area contributed by atoms with E-state index in [-0.39, 0.29) is 30.0 Å². The van der Waals surface area contributed by atoms with Crippen molar-refractivity contribution in [1.29, 1.82) is 0 Å². The van der Waals surface area contributed by atoms with E-state index < -0.39 is 26.5 Å². The Morgan fingerprint density at radius 1 is 1.11 bits per heavy atom. The van der Waals surface area contributed by atoms with Gasteiger partial charge in [0, 0.05) is 31.5 Å². The lowest BCUT2D eigenvalue weighted by Gasteiger charge is -2.42. The standard InChI is InChI=1S/C25H35N3O6S.ClH/c1-3-4-17-34-22-7-5-20(6-8-22)25(24(29)28-30,27-18-19-13-15-26-16-14-19)35(31,32)23-11-9-21(33-2)10-12-23;/h9-16,20,22,27,30H,3-8,17-18H2,1-2H3,(H,28,29);1H/t20-,22-,25-;/m1./s1. The summed E-state index contributed by atoms with van der Waals surface area (Å²) >= 11 is 0. The highest BCUT2D eigenvalue weighted by molar-refractivity contribution is 7.93. The van der Waals surface area contributed by atoms with Crippen molar-refractivity contribution in [2.24, 2.45) is 5.92 Å². The Morgan fingerprint density at radius 3 is 2.31 bits per heavy atom. The largest absolute Gasteiger partial charge is 0.497 e. The molecule has 1 amide bonds. The summed E-state index contributed by atoms with van der Waals surface area (Å²) in [6, 6.07) is 9.40. The summed E-state index contributed by atoms with van der Waals surface area (Å²) in [6.07, 6.45) is 7.38. The third-order valence-electron chi connectivity index (χ3n) is 6.64. The zero-order chi connectivity index (χ0) is 25.3. The predicted molar refractivity (Wildman–Crippen MR) is 138 cm³/mol. The molecular weight excluding hydrogens is 506 g/mol. The topological polar surface area (TPSA) is 127 Å². The number of sulfone groups is 1. The quantitative estimate of drug-likeness (QED) is 0.211. The molecule has 3 rings (SSSR count). The van der Waals surface area contributed by atoms with Gasteiger partial charge in [0.25, 0.3) is 5.91 Å². The predicted octanol–water partition coefficient (Wildman–Crippen LogP) is 3.65. The monoisotopic (exact) mass is 541 g/mol. The van der Waals surface area contributed by atoms with Crippen molar-refractivity contribution >= 4 is 28.2 Å². The SMILES string of the molecule is CCCCO[C@H]1CC[C@H]([C@](NCc2ccncc2)(C(=O)NO)S(=O)(=O)c2ccc(OC)cc2)CC1.Cl. The molecule has 1 atom stereocenters.